The molecular formula is C32H37F2N7O4. The zero-order valence-corrected chi connectivity index (χ0v) is 26.0. The second-order valence-corrected chi connectivity index (χ2v) is 11.3. The third-order valence-electron chi connectivity index (χ3n) is 8.31. The topological polar surface area (TPSA) is 106 Å². The molecule has 1 atom stereocenters. The molecule has 0 bridgehead atoms. The van der Waals surface area contributed by atoms with Crippen molar-refractivity contribution in [1.82, 2.24) is 29.1 Å². The number of hydrogen-bond donors (Lipinski definition) is 0. The zero-order chi connectivity index (χ0) is 32.4. The van der Waals surface area contributed by atoms with Gasteiger partial charge in [-0.3, -0.25) is 23.7 Å². The number of ether oxygens (including phenoxy) is 1. The lowest BCUT2D eigenvalue weighted by atomic mass is 10.1. The summed E-state index contributed by atoms with van der Waals surface area (Å²) >= 11 is 0. The van der Waals surface area contributed by atoms with Gasteiger partial charge in [-0.05, 0) is 49.2 Å². The second-order valence-electron chi connectivity index (χ2n) is 11.3. The minimum absolute atomic E-state index is 0.00693. The maximum atomic E-state index is 13.3. The third kappa shape index (κ3) is 6.66. The molecule has 1 unspecified atom stereocenters. The van der Waals surface area contributed by atoms with Gasteiger partial charge in [0.05, 0.1) is 17.4 Å². The van der Waals surface area contributed by atoms with Crippen LogP contribution in [0.15, 0.2) is 53.6 Å². The molecule has 0 radical (unpaired) electrons. The van der Waals surface area contributed by atoms with Crippen LogP contribution in [0.4, 0.5) is 14.7 Å². The number of alkyl halides is 2. The van der Waals surface area contributed by atoms with Gasteiger partial charge in [0.25, 0.3) is 5.56 Å². The van der Waals surface area contributed by atoms with Crippen LogP contribution in [0.2, 0.25) is 0 Å². The number of benzene rings is 2. The Labute approximate surface area is 259 Å². The van der Waals surface area contributed by atoms with Crippen LogP contribution in [-0.2, 0) is 29.7 Å². The van der Waals surface area contributed by atoms with Gasteiger partial charge in [0, 0.05) is 83.2 Å². The molecule has 0 N–H and O–H groups in total. The largest absolute Gasteiger partial charge is 0.434 e. The van der Waals surface area contributed by atoms with E-state index in [0.717, 1.165) is 16.7 Å². The van der Waals surface area contributed by atoms with Crippen molar-refractivity contribution >= 4 is 28.7 Å². The quantitative estimate of drug-likeness (QED) is 0.279. The van der Waals surface area contributed by atoms with Gasteiger partial charge in [-0.2, -0.15) is 8.78 Å². The normalized spacial score (nSPS) is 15.2. The predicted octanol–water partition coefficient (Wildman–Crippen LogP) is 3.87. The van der Waals surface area contributed by atoms with Crippen molar-refractivity contribution in [3.63, 3.8) is 0 Å². The molecule has 2 aromatic heterocycles. The molecule has 4 aromatic rings. The Hall–Kier alpha value is -4.81. The summed E-state index contributed by atoms with van der Waals surface area (Å²) in [5.74, 6) is 0.520. The van der Waals surface area contributed by atoms with Gasteiger partial charge < -0.3 is 19.4 Å². The minimum atomic E-state index is -3.03. The Morgan fingerprint density at radius 3 is 2.42 bits per heavy atom. The fourth-order valence-corrected chi connectivity index (χ4v) is 5.88. The van der Waals surface area contributed by atoms with Crippen molar-refractivity contribution in [2.45, 2.75) is 53.4 Å². The Kier molecular flexibility index (Phi) is 9.16. The standard InChI is InChI=1S/C32H37F2N7O4/c1-6-38(21(3)42)18-23-7-10-29(45-31(33)34)25(13-23)19-41-28-14-24(8-9-27(28)30(44)37(41)5)26-15-35-32(36-16-26)39-11-12-40(22(4)43)20(2)17-39/h7-10,13-16,20,31H,6,11-12,17-19H2,1-5H3. The first-order valence-electron chi connectivity index (χ1n) is 14.8. The first-order chi connectivity index (χ1) is 21.5. The summed E-state index contributed by atoms with van der Waals surface area (Å²) in [6, 6.07) is 10.3. The average molecular weight is 622 g/mol. The van der Waals surface area contributed by atoms with Gasteiger partial charge in [0.15, 0.2) is 0 Å². The molecule has 2 amide bonds. The van der Waals surface area contributed by atoms with E-state index >= 15 is 0 Å². The van der Waals surface area contributed by atoms with E-state index in [4.69, 9.17) is 4.74 Å². The van der Waals surface area contributed by atoms with E-state index in [1.165, 1.54) is 17.7 Å². The van der Waals surface area contributed by atoms with Gasteiger partial charge in [0.2, 0.25) is 17.8 Å². The smallest absolute Gasteiger partial charge is 0.387 e. The Bertz CT molecular complexity index is 1770. The number of anilines is 1. The second kappa shape index (κ2) is 13.0. The van der Waals surface area contributed by atoms with Crippen LogP contribution in [0.5, 0.6) is 5.75 Å². The molecule has 1 aliphatic heterocycles. The van der Waals surface area contributed by atoms with Crippen molar-refractivity contribution in [1.29, 1.82) is 0 Å². The molecule has 238 valence electrons. The number of carbonyl (C=O) groups excluding carboxylic acids is 2. The van der Waals surface area contributed by atoms with Gasteiger partial charge in [-0.15, -0.1) is 0 Å². The fraction of sp³-hybridized carbons (Fsp3) is 0.406. The fourth-order valence-electron chi connectivity index (χ4n) is 5.88. The highest BCUT2D eigenvalue weighted by Crippen LogP contribution is 2.28. The van der Waals surface area contributed by atoms with Gasteiger partial charge in [0.1, 0.15) is 5.75 Å². The summed E-state index contributed by atoms with van der Waals surface area (Å²) in [5.41, 5.74) is 3.08. The molecule has 1 fully saturated rings. The van der Waals surface area contributed by atoms with Crippen LogP contribution in [0, 0.1) is 0 Å². The number of aromatic nitrogens is 4. The molecule has 0 aliphatic carbocycles. The lowest BCUT2D eigenvalue weighted by Crippen LogP contribution is -2.53. The number of rotatable bonds is 9. The van der Waals surface area contributed by atoms with Crippen molar-refractivity contribution in [2.75, 3.05) is 31.1 Å². The highest BCUT2D eigenvalue weighted by molar-refractivity contribution is 5.84. The summed E-state index contributed by atoms with van der Waals surface area (Å²) in [6.07, 6.45) is 3.45. The number of hydrogen-bond acceptors (Lipinski definition) is 7. The highest BCUT2D eigenvalue weighted by atomic mass is 19.3. The summed E-state index contributed by atoms with van der Waals surface area (Å²) in [6.45, 7) is 6.64. The predicted molar refractivity (Wildman–Crippen MR) is 166 cm³/mol. The number of amides is 2. The molecule has 45 heavy (non-hydrogen) atoms. The Morgan fingerprint density at radius 2 is 1.80 bits per heavy atom. The van der Waals surface area contributed by atoms with Gasteiger partial charge in [-0.1, -0.05) is 12.1 Å². The molecule has 2 aromatic carbocycles. The number of piperazine rings is 1. The molecular weight excluding hydrogens is 584 g/mol. The first kappa shape index (κ1) is 31.6. The van der Waals surface area contributed by atoms with Crippen LogP contribution >= 0.6 is 0 Å². The molecule has 1 aliphatic rings. The van der Waals surface area contributed by atoms with Crippen molar-refractivity contribution in [2.24, 2.45) is 7.05 Å². The van der Waals surface area contributed by atoms with E-state index in [2.05, 4.69) is 14.9 Å². The van der Waals surface area contributed by atoms with E-state index in [9.17, 15) is 23.2 Å². The van der Waals surface area contributed by atoms with Crippen LogP contribution in [0.3, 0.4) is 0 Å². The number of nitrogens with zero attached hydrogens (tertiary/aromatic N) is 7. The Morgan fingerprint density at radius 1 is 1.07 bits per heavy atom. The van der Waals surface area contributed by atoms with Crippen LogP contribution in [0.25, 0.3) is 22.0 Å². The highest BCUT2D eigenvalue weighted by Gasteiger charge is 2.26. The van der Waals surface area contributed by atoms with E-state index in [-0.39, 0.29) is 35.7 Å². The number of fused-ring (bicyclic) bond motifs is 1. The monoisotopic (exact) mass is 621 g/mol. The molecule has 11 nitrogen and oxygen atoms in total. The Balaban J connectivity index is 1.46. The van der Waals surface area contributed by atoms with E-state index < -0.39 is 6.61 Å². The summed E-state index contributed by atoms with van der Waals surface area (Å²) in [7, 11) is 1.62. The number of halogens is 2. The SMILES string of the molecule is CCN(Cc1ccc(OC(F)F)c(Cn2c3cc(-c4cnc(N5CCN(C(C)=O)C(C)C5)nc4)ccc3c(=O)n2C)c1)C(C)=O. The van der Waals surface area contributed by atoms with Crippen LogP contribution < -0.4 is 15.2 Å². The number of carbonyl (C=O) groups is 2. The summed E-state index contributed by atoms with van der Waals surface area (Å²) in [4.78, 5) is 51.7. The molecule has 3 heterocycles. The van der Waals surface area contributed by atoms with E-state index in [1.54, 1.807) is 54.1 Å². The summed E-state index contributed by atoms with van der Waals surface area (Å²) < 4.78 is 34.7. The molecule has 0 spiro atoms. The van der Waals surface area contributed by atoms with Crippen molar-refractivity contribution in [3.8, 4) is 16.9 Å². The molecule has 5 rings (SSSR count). The molecule has 1 saturated heterocycles. The molecule has 0 saturated carbocycles. The average Bonchev–Trinajstić information content (AvgIpc) is 3.24. The zero-order valence-electron chi connectivity index (χ0n) is 26.0. The van der Waals surface area contributed by atoms with Gasteiger partial charge in [-0.25, -0.2) is 9.97 Å². The maximum absolute atomic E-state index is 13.3. The lowest BCUT2D eigenvalue weighted by molar-refractivity contribution is -0.131. The van der Waals surface area contributed by atoms with Crippen molar-refractivity contribution < 1.29 is 23.1 Å². The van der Waals surface area contributed by atoms with Crippen LogP contribution in [0.1, 0.15) is 38.8 Å². The summed E-state index contributed by atoms with van der Waals surface area (Å²) in [5, 5.41) is 0.470. The first-order valence-corrected chi connectivity index (χ1v) is 14.8. The minimum Gasteiger partial charge on any atom is -0.434 e. The van der Waals surface area contributed by atoms with Crippen LogP contribution in [-0.4, -0.2) is 79.8 Å². The lowest BCUT2D eigenvalue weighted by Gasteiger charge is -2.39. The van der Waals surface area contributed by atoms with Gasteiger partial charge >= 0.3 is 6.61 Å². The van der Waals surface area contributed by atoms with E-state index in [1.807, 2.05) is 30.9 Å². The third-order valence-corrected chi connectivity index (χ3v) is 8.31. The molecule has 13 heteroatoms. The van der Waals surface area contributed by atoms with Crippen molar-refractivity contribution in [3.05, 3.63) is 70.3 Å². The van der Waals surface area contributed by atoms with E-state index in [0.29, 0.717) is 55.1 Å². The maximum Gasteiger partial charge on any atom is 0.387 e.